The van der Waals surface area contributed by atoms with Crippen molar-refractivity contribution in [2.45, 2.75) is 25.7 Å². The molecular weight excluding hydrogens is 357 g/mol. The number of nitrogens with zero attached hydrogens (tertiary/aromatic N) is 1. The Labute approximate surface area is 156 Å². The van der Waals surface area contributed by atoms with E-state index in [2.05, 4.69) is 15.3 Å². The van der Waals surface area contributed by atoms with E-state index < -0.39 is 5.41 Å². The van der Waals surface area contributed by atoms with Gasteiger partial charge in [-0.15, -0.1) is 0 Å². The molecule has 3 aromatic rings. The van der Waals surface area contributed by atoms with Crippen molar-refractivity contribution in [1.82, 2.24) is 15.3 Å². The summed E-state index contributed by atoms with van der Waals surface area (Å²) in [6, 6.07) is 9.18. The van der Waals surface area contributed by atoms with E-state index in [1.165, 1.54) is 0 Å². The maximum Gasteiger partial charge on any atom is 0.231 e. The molecule has 0 aliphatic rings. The zero-order chi connectivity index (χ0) is 18.0. The van der Waals surface area contributed by atoms with Crippen LogP contribution in [0.1, 0.15) is 25.1 Å². The van der Waals surface area contributed by atoms with Crippen molar-refractivity contribution in [3.05, 3.63) is 64.0 Å². The number of carbonyl (C=O) groups excluding carboxylic acids is 1. The smallest absolute Gasteiger partial charge is 0.231 e. The van der Waals surface area contributed by atoms with Crippen molar-refractivity contribution < 1.29 is 4.79 Å². The van der Waals surface area contributed by atoms with Gasteiger partial charge in [-0.2, -0.15) is 0 Å². The number of nitrogens with one attached hydrogen (secondary N) is 2. The molecule has 3 rings (SSSR count). The molecule has 0 saturated heterocycles. The third-order valence-electron chi connectivity index (χ3n) is 4.34. The van der Waals surface area contributed by atoms with Gasteiger partial charge in [0.25, 0.3) is 0 Å². The summed E-state index contributed by atoms with van der Waals surface area (Å²) in [4.78, 5) is 20.0. The van der Waals surface area contributed by atoms with E-state index in [0.29, 0.717) is 23.0 Å². The number of aromatic nitrogens is 2. The Morgan fingerprint density at radius 1 is 1.28 bits per heavy atom. The van der Waals surface area contributed by atoms with Crippen LogP contribution in [0.4, 0.5) is 0 Å². The third-order valence-corrected chi connectivity index (χ3v) is 4.86. The van der Waals surface area contributed by atoms with Gasteiger partial charge in [-0.1, -0.05) is 29.3 Å². The fraction of sp³-hybridized carbons (Fsp3) is 0.263. The van der Waals surface area contributed by atoms with Gasteiger partial charge in [0, 0.05) is 29.3 Å². The highest BCUT2D eigenvalue weighted by Crippen LogP contribution is 2.29. The number of rotatable bonds is 5. The van der Waals surface area contributed by atoms with Crippen molar-refractivity contribution in [2.24, 2.45) is 0 Å². The third kappa shape index (κ3) is 3.65. The monoisotopic (exact) mass is 375 g/mol. The summed E-state index contributed by atoms with van der Waals surface area (Å²) in [5, 5.41) is 5.16. The Morgan fingerprint density at radius 3 is 2.80 bits per heavy atom. The summed E-state index contributed by atoms with van der Waals surface area (Å²) in [7, 11) is 0. The zero-order valence-electron chi connectivity index (χ0n) is 14.1. The normalized spacial score (nSPS) is 11.7. The van der Waals surface area contributed by atoms with Crippen LogP contribution in [0.2, 0.25) is 10.0 Å². The number of benzene rings is 1. The van der Waals surface area contributed by atoms with Crippen LogP contribution in [0, 0.1) is 0 Å². The highest BCUT2D eigenvalue weighted by atomic mass is 35.5. The van der Waals surface area contributed by atoms with Gasteiger partial charge in [0.15, 0.2) is 0 Å². The van der Waals surface area contributed by atoms with Crippen LogP contribution in [0.15, 0.2) is 42.7 Å². The quantitative estimate of drug-likeness (QED) is 0.689. The molecule has 0 unspecified atom stereocenters. The second kappa shape index (κ2) is 7.06. The molecule has 0 aliphatic heterocycles. The lowest BCUT2D eigenvalue weighted by molar-refractivity contribution is -0.125. The Bertz CT molecular complexity index is 904. The average Bonchev–Trinajstić information content (AvgIpc) is 2.99. The van der Waals surface area contributed by atoms with Gasteiger partial charge >= 0.3 is 0 Å². The fourth-order valence-corrected chi connectivity index (χ4v) is 3.35. The molecule has 6 heteroatoms. The molecule has 4 nitrogen and oxygen atoms in total. The maximum atomic E-state index is 12.6. The van der Waals surface area contributed by atoms with Crippen LogP contribution in [-0.2, 0) is 16.6 Å². The summed E-state index contributed by atoms with van der Waals surface area (Å²) in [6.07, 6.45) is 4.29. The summed E-state index contributed by atoms with van der Waals surface area (Å²) in [6.45, 7) is 4.26. The van der Waals surface area contributed by atoms with Crippen LogP contribution in [-0.4, -0.2) is 22.4 Å². The topological polar surface area (TPSA) is 57.8 Å². The van der Waals surface area contributed by atoms with E-state index in [4.69, 9.17) is 23.2 Å². The number of hydrogen-bond acceptors (Lipinski definition) is 2. The SMILES string of the molecule is CC(C)(C(=O)NCCc1c[nH]c2c(Cl)cc(Cl)cc12)c1ccccn1. The summed E-state index contributed by atoms with van der Waals surface area (Å²) >= 11 is 12.3. The number of halogens is 2. The first kappa shape index (κ1) is 17.8. The number of amides is 1. The van der Waals surface area contributed by atoms with Crippen molar-refractivity contribution >= 4 is 40.0 Å². The lowest BCUT2D eigenvalue weighted by Crippen LogP contribution is -2.41. The second-order valence-corrected chi connectivity index (χ2v) is 7.31. The Morgan fingerprint density at radius 2 is 2.08 bits per heavy atom. The van der Waals surface area contributed by atoms with E-state index in [1.807, 2.05) is 44.3 Å². The van der Waals surface area contributed by atoms with Crippen LogP contribution >= 0.6 is 23.2 Å². The first-order valence-electron chi connectivity index (χ1n) is 8.04. The van der Waals surface area contributed by atoms with E-state index in [1.54, 1.807) is 12.3 Å². The van der Waals surface area contributed by atoms with Crippen molar-refractivity contribution in [1.29, 1.82) is 0 Å². The molecule has 2 aromatic heterocycles. The standard InChI is InChI=1S/C19H19Cl2N3O/c1-19(2,16-5-3-4-7-22-16)18(25)23-8-6-12-11-24-17-14(12)9-13(20)10-15(17)21/h3-5,7,9-11,24H,6,8H2,1-2H3,(H,23,25). The van der Waals surface area contributed by atoms with Crippen molar-refractivity contribution in [3.8, 4) is 0 Å². The molecule has 1 amide bonds. The molecule has 0 atom stereocenters. The largest absolute Gasteiger partial charge is 0.360 e. The molecule has 0 aliphatic carbocycles. The molecule has 0 saturated carbocycles. The summed E-state index contributed by atoms with van der Waals surface area (Å²) in [5.74, 6) is -0.0536. The van der Waals surface area contributed by atoms with Crippen LogP contribution < -0.4 is 5.32 Å². The number of hydrogen-bond donors (Lipinski definition) is 2. The van der Waals surface area contributed by atoms with Gasteiger partial charge < -0.3 is 10.3 Å². The van der Waals surface area contributed by atoms with E-state index in [0.717, 1.165) is 22.2 Å². The van der Waals surface area contributed by atoms with E-state index in [-0.39, 0.29) is 5.91 Å². The minimum Gasteiger partial charge on any atom is -0.360 e. The zero-order valence-corrected chi connectivity index (χ0v) is 15.6. The molecule has 0 spiro atoms. The Kier molecular flexibility index (Phi) is 5.02. The predicted molar refractivity (Wildman–Crippen MR) is 102 cm³/mol. The van der Waals surface area contributed by atoms with Gasteiger partial charge in [-0.3, -0.25) is 9.78 Å². The van der Waals surface area contributed by atoms with Crippen LogP contribution in [0.3, 0.4) is 0 Å². The predicted octanol–water partition coefficient (Wildman–Crippen LogP) is 4.51. The fourth-order valence-electron chi connectivity index (χ4n) is 2.80. The van der Waals surface area contributed by atoms with Crippen LogP contribution in [0.5, 0.6) is 0 Å². The number of H-pyrrole nitrogens is 1. The maximum absolute atomic E-state index is 12.6. The van der Waals surface area contributed by atoms with Crippen molar-refractivity contribution in [2.75, 3.05) is 6.54 Å². The number of fused-ring (bicyclic) bond motifs is 1. The molecule has 1 aromatic carbocycles. The lowest BCUT2D eigenvalue weighted by Gasteiger charge is -2.22. The van der Waals surface area contributed by atoms with E-state index >= 15 is 0 Å². The summed E-state index contributed by atoms with van der Waals surface area (Å²) < 4.78 is 0. The number of pyridine rings is 1. The highest BCUT2D eigenvalue weighted by Gasteiger charge is 2.30. The molecule has 0 fully saturated rings. The van der Waals surface area contributed by atoms with Gasteiger partial charge in [0.05, 0.1) is 21.6 Å². The summed E-state index contributed by atoms with van der Waals surface area (Å²) in [5.41, 5.74) is 1.99. The van der Waals surface area contributed by atoms with E-state index in [9.17, 15) is 4.79 Å². The molecule has 2 N–H and O–H groups in total. The second-order valence-electron chi connectivity index (χ2n) is 6.47. The highest BCUT2D eigenvalue weighted by molar-refractivity contribution is 6.38. The minimum absolute atomic E-state index is 0.0536. The first-order chi connectivity index (χ1) is 11.9. The molecular formula is C19H19Cl2N3O. The number of aromatic amines is 1. The molecule has 0 bridgehead atoms. The molecule has 2 heterocycles. The Hall–Kier alpha value is -2.04. The first-order valence-corrected chi connectivity index (χ1v) is 8.80. The average molecular weight is 376 g/mol. The van der Waals surface area contributed by atoms with Gasteiger partial charge in [0.1, 0.15) is 0 Å². The van der Waals surface area contributed by atoms with Gasteiger partial charge in [0.2, 0.25) is 5.91 Å². The lowest BCUT2D eigenvalue weighted by atomic mass is 9.87. The molecule has 130 valence electrons. The van der Waals surface area contributed by atoms with Gasteiger partial charge in [-0.25, -0.2) is 0 Å². The number of carbonyl (C=O) groups is 1. The Balaban J connectivity index is 1.68. The minimum atomic E-state index is -0.686. The molecule has 0 radical (unpaired) electrons. The van der Waals surface area contributed by atoms with Gasteiger partial charge in [-0.05, 0) is 50.1 Å². The molecule has 25 heavy (non-hydrogen) atoms. The van der Waals surface area contributed by atoms with Crippen LogP contribution in [0.25, 0.3) is 10.9 Å². The van der Waals surface area contributed by atoms with Crippen molar-refractivity contribution in [3.63, 3.8) is 0 Å².